The van der Waals surface area contributed by atoms with Crippen molar-refractivity contribution >= 4 is 49.9 Å². The molecule has 2 heterocycles. The standard InChI is InChI=1S/C25H19F2N3O2S/c1-15-6-2-4-8-20(15)30(25-28-19-7-3-5-9-22(19)33-25)24(32)16-12-23(31)29(14-16)21-11-10-17(26)13-18(21)27/h2-11,13,16H,12,14H2,1H3. The van der Waals surface area contributed by atoms with Gasteiger partial charge in [-0.2, -0.15) is 0 Å². The number of halogens is 2. The van der Waals surface area contributed by atoms with Crippen LogP contribution in [-0.2, 0) is 9.59 Å². The summed E-state index contributed by atoms with van der Waals surface area (Å²) in [6.07, 6.45) is -0.0665. The van der Waals surface area contributed by atoms with Crippen LogP contribution < -0.4 is 9.80 Å². The zero-order valence-corrected chi connectivity index (χ0v) is 18.5. The molecule has 0 radical (unpaired) electrons. The van der Waals surface area contributed by atoms with Gasteiger partial charge in [0.2, 0.25) is 11.8 Å². The number of nitrogens with zero attached hydrogens (tertiary/aromatic N) is 3. The fraction of sp³-hybridized carbons (Fsp3) is 0.160. The summed E-state index contributed by atoms with van der Waals surface area (Å²) in [5, 5.41) is 0.509. The molecule has 0 aliphatic carbocycles. The SMILES string of the molecule is Cc1ccccc1N(C(=O)C1CC(=O)N(c2ccc(F)cc2F)C1)c1nc2ccccc2s1. The molecule has 0 bridgehead atoms. The predicted molar refractivity (Wildman–Crippen MR) is 125 cm³/mol. The number of thiazole rings is 1. The van der Waals surface area contributed by atoms with Crippen LogP contribution in [0.25, 0.3) is 10.2 Å². The highest BCUT2D eigenvalue weighted by Gasteiger charge is 2.40. The number of anilines is 3. The summed E-state index contributed by atoms with van der Waals surface area (Å²) in [7, 11) is 0. The van der Waals surface area contributed by atoms with Crippen molar-refractivity contribution in [3.05, 3.63) is 83.9 Å². The molecule has 0 N–H and O–H groups in total. The highest BCUT2D eigenvalue weighted by molar-refractivity contribution is 7.22. The maximum atomic E-state index is 14.3. The molecule has 1 aliphatic rings. The normalized spacial score (nSPS) is 15.9. The Kier molecular flexibility index (Phi) is 5.38. The number of aromatic nitrogens is 1. The van der Waals surface area contributed by atoms with E-state index in [-0.39, 0.29) is 30.5 Å². The van der Waals surface area contributed by atoms with Crippen LogP contribution in [0.3, 0.4) is 0 Å². The number of carbonyl (C=O) groups is 2. The number of aryl methyl sites for hydroxylation is 1. The van der Waals surface area contributed by atoms with Crippen LogP contribution in [0.5, 0.6) is 0 Å². The maximum absolute atomic E-state index is 14.3. The lowest BCUT2D eigenvalue weighted by Crippen LogP contribution is -2.35. The lowest BCUT2D eigenvalue weighted by atomic mass is 10.1. The van der Waals surface area contributed by atoms with Gasteiger partial charge in [0, 0.05) is 19.0 Å². The van der Waals surface area contributed by atoms with E-state index >= 15 is 0 Å². The van der Waals surface area contributed by atoms with Crippen molar-refractivity contribution < 1.29 is 18.4 Å². The third-order valence-corrected chi connectivity index (χ3v) is 6.75. The lowest BCUT2D eigenvalue weighted by molar-refractivity contribution is -0.123. The summed E-state index contributed by atoms with van der Waals surface area (Å²) in [5.41, 5.74) is 2.32. The van der Waals surface area contributed by atoms with Crippen molar-refractivity contribution in [1.82, 2.24) is 4.98 Å². The van der Waals surface area contributed by atoms with Gasteiger partial charge in [-0.1, -0.05) is 41.7 Å². The van der Waals surface area contributed by atoms with E-state index in [1.807, 2.05) is 55.5 Å². The van der Waals surface area contributed by atoms with Gasteiger partial charge in [-0.3, -0.25) is 14.5 Å². The summed E-state index contributed by atoms with van der Waals surface area (Å²) in [4.78, 5) is 33.9. The summed E-state index contributed by atoms with van der Waals surface area (Å²) >= 11 is 1.39. The van der Waals surface area contributed by atoms with Gasteiger partial charge < -0.3 is 4.90 Å². The van der Waals surface area contributed by atoms with Crippen molar-refractivity contribution in [3.8, 4) is 0 Å². The van der Waals surface area contributed by atoms with Crippen molar-refractivity contribution in [2.45, 2.75) is 13.3 Å². The molecule has 2 amide bonds. The zero-order valence-electron chi connectivity index (χ0n) is 17.7. The van der Waals surface area contributed by atoms with Crippen LogP contribution in [0.15, 0.2) is 66.7 Å². The topological polar surface area (TPSA) is 53.5 Å². The molecule has 5 nitrogen and oxygen atoms in total. The van der Waals surface area contributed by atoms with E-state index in [4.69, 9.17) is 0 Å². The molecule has 1 aliphatic heterocycles. The van der Waals surface area contributed by atoms with Crippen molar-refractivity contribution in [1.29, 1.82) is 0 Å². The van der Waals surface area contributed by atoms with Crippen molar-refractivity contribution in [2.24, 2.45) is 5.92 Å². The number of carbonyl (C=O) groups excluding carboxylic acids is 2. The molecule has 1 saturated heterocycles. The van der Waals surface area contributed by atoms with Crippen LogP contribution >= 0.6 is 11.3 Å². The van der Waals surface area contributed by atoms with Crippen LogP contribution in [-0.4, -0.2) is 23.3 Å². The Morgan fingerprint density at radius 2 is 1.85 bits per heavy atom. The van der Waals surface area contributed by atoms with Gasteiger partial charge in [-0.05, 0) is 42.8 Å². The van der Waals surface area contributed by atoms with E-state index in [0.29, 0.717) is 10.8 Å². The van der Waals surface area contributed by atoms with Gasteiger partial charge in [0.25, 0.3) is 0 Å². The van der Waals surface area contributed by atoms with Crippen molar-refractivity contribution in [3.63, 3.8) is 0 Å². The summed E-state index contributed by atoms with van der Waals surface area (Å²) in [6.45, 7) is 1.91. The maximum Gasteiger partial charge on any atom is 0.238 e. The second-order valence-corrected chi connectivity index (χ2v) is 8.93. The molecular formula is C25H19F2N3O2S. The molecule has 8 heteroatoms. The highest BCUT2D eigenvalue weighted by Crippen LogP contribution is 2.38. The predicted octanol–water partition coefficient (Wildman–Crippen LogP) is 5.60. The molecule has 33 heavy (non-hydrogen) atoms. The van der Waals surface area contributed by atoms with Gasteiger partial charge in [0.15, 0.2) is 5.13 Å². The van der Waals surface area contributed by atoms with Crippen LogP contribution in [0.2, 0.25) is 0 Å². The number of fused-ring (bicyclic) bond motifs is 1. The average molecular weight is 464 g/mol. The molecule has 0 saturated carbocycles. The molecule has 1 fully saturated rings. The summed E-state index contributed by atoms with van der Waals surface area (Å²) in [6, 6.07) is 18.2. The molecule has 5 rings (SSSR count). The van der Waals surface area contributed by atoms with Gasteiger partial charge in [0.1, 0.15) is 11.6 Å². The smallest absolute Gasteiger partial charge is 0.238 e. The Bertz CT molecular complexity index is 1350. The first-order valence-corrected chi connectivity index (χ1v) is 11.2. The first kappa shape index (κ1) is 21.2. The quantitative estimate of drug-likeness (QED) is 0.396. The molecule has 1 atom stereocenters. The monoisotopic (exact) mass is 463 g/mol. The minimum atomic E-state index is -0.835. The number of benzene rings is 3. The van der Waals surface area contributed by atoms with E-state index in [9.17, 15) is 18.4 Å². The number of hydrogen-bond donors (Lipinski definition) is 0. The average Bonchev–Trinajstić information content (AvgIpc) is 3.39. The minimum absolute atomic E-state index is 0.00744. The summed E-state index contributed by atoms with van der Waals surface area (Å²) in [5.74, 6) is -2.93. The van der Waals surface area contributed by atoms with Gasteiger partial charge >= 0.3 is 0 Å². The minimum Gasteiger partial charge on any atom is -0.309 e. The molecule has 1 unspecified atom stereocenters. The highest BCUT2D eigenvalue weighted by atomic mass is 32.1. The summed E-state index contributed by atoms with van der Waals surface area (Å²) < 4.78 is 28.6. The number of hydrogen-bond acceptors (Lipinski definition) is 4. The second-order valence-electron chi connectivity index (χ2n) is 7.93. The third-order valence-electron chi connectivity index (χ3n) is 5.73. The molecule has 0 spiro atoms. The molecule has 1 aromatic heterocycles. The molecule has 4 aromatic rings. The van der Waals surface area contributed by atoms with E-state index in [2.05, 4.69) is 4.98 Å². The van der Waals surface area contributed by atoms with E-state index in [1.165, 1.54) is 22.3 Å². The Morgan fingerprint density at radius 3 is 2.61 bits per heavy atom. The van der Waals surface area contributed by atoms with Gasteiger partial charge in [-0.15, -0.1) is 0 Å². The van der Waals surface area contributed by atoms with E-state index in [1.54, 1.807) is 4.90 Å². The number of para-hydroxylation sites is 2. The Balaban J connectivity index is 1.52. The van der Waals surface area contributed by atoms with Crippen molar-refractivity contribution in [2.75, 3.05) is 16.3 Å². The fourth-order valence-corrected chi connectivity index (χ4v) is 5.06. The fourth-order valence-electron chi connectivity index (χ4n) is 4.07. The third kappa shape index (κ3) is 3.87. The van der Waals surface area contributed by atoms with Crippen LogP contribution in [0.1, 0.15) is 12.0 Å². The van der Waals surface area contributed by atoms with Crippen LogP contribution in [0.4, 0.5) is 25.3 Å². The second kappa shape index (κ2) is 8.37. The molecule has 166 valence electrons. The lowest BCUT2D eigenvalue weighted by Gasteiger charge is -2.25. The first-order chi connectivity index (χ1) is 15.9. The van der Waals surface area contributed by atoms with Crippen LogP contribution in [0, 0.1) is 24.5 Å². The Hall–Kier alpha value is -3.65. The zero-order chi connectivity index (χ0) is 23.1. The number of amides is 2. The van der Waals surface area contributed by atoms with E-state index < -0.39 is 17.6 Å². The van der Waals surface area contributed by atoms with E-state index in [0.717, 1.165) is 27.9 Å². The molecule has 3 aromatic carbocycles. The Morgan fingerprint density at radius 1 is 1.09 bits per heavy atom. The van der Waals surface area contributed by atoms with Gasteiger partial charge in [-0.25, -0.2) is 13.8 Å². The molecular weight excluding hydrogens is 444 g/mol. The van der Waals surface area contributed by atoms with Gasteiger partial charge in [0.05, 0.1) is 27.5 Å². The Labute approximate surface area is 192 Å². The number of rotatable bonds is 4. The largest absolute Gasteiger partial charge is 0.309 e. The first-order valence-electron chi connectivity index (χ1n) is 10.4.